The summed E-state index contributed by atoms with van der Waals surface area (Å²) in [5.74, 6) is -0.602. The SMILES string of the molecule is Cc1cc(CN(C)C(=O)C(C)O)ccc1F. The van der Waals surface area contributed by atoms with E-state index in [9.17, 15) is 9.18 Å². The van der Waals surface area contributed by atoms with Crippen molar-refractivity contribution in [1.29, 1.82) is 0 Å². The average molecular weight is 225 g/mol. The van der Waals surface area contributed by atoms with Crippen molar-refractivity contribution in [2.45, 2.75) is 26.5 Å². The minimum absolute atomic E-state index is 0.256. The molecule has 1 atom stereocenters. The Hall–Kier alpha value is -1.42. The number of nitrogens with zero attached hydrogens (tertiary/aromatic N) is 1. The van der Waals surface area contributed by atoms with Gasteiger partial charge in [-0.15, -0.1) is 0 Å². The highest BCUT2D eigenvalue weighted by Gasteiger charge is 2.14. The summed E-state index contributed by atoms with van der Waals surface area (Å²) in [7, 11) is 1.60. The number of hydrogen-bond acceptors (Lipinski definition) is 2. The molecular weight excluding hydrogens is 209 g/mol. The van der Waals surface area contributed by atoms with Crippen molar-refractivity contribution in [1.82, 2.24) is 4.90 Å². The van der Waals surface area contributed by atoms with Crippen molar-refractivity contribution < 1.29 is 14.3 Å². The van der Waals surface area contributed by atoms with Crippen LogP contribution in [-0.2, 0) is 11.3 Å². The third-order valence-electron chi connectivity index (χ3n) is 2.38. The first-order chi connectivity index (χ1) is 7.41. The quantitative estimate of drug-likeness (QED) is 0.846. The van der Waals surface area contributed by atoms with Crippen molar-refractivity contribution in [2.24, 2.45) is 0 Å². The lowest BCUT2D eigenvalue weighted by atomic mass is 10.1. The molecule has 88 valence electrons. The van der Waals surface area contributed by atoms with Crippen LogP contribution >= 0.6 is 0 Å². The van der Waals surface area contributed by atoms with Crippen LogP contribution in [0.4, 0.5) is 4.39 Å². The van der Waals surface area contributed by atoms with Crippen LogP contribution in [0.1, 0.15) is 18.1 Å². The Morgan fingerprint density at radius 3 is 2.69 bits per heavy atom. The summed E-state index contributed by atoms with van der Waals surface area (Å²) in [5.41, 5.74) is 1.39. The number of halogens is 1. The molecule has 0 saturated carbocycles. The fourth-order valence-corrected chi connectivity index (χ4v) is 1.48. The highest BCUT2D eigenvalue weighted by atomic mass is 19.1. The molecule has 16 heavy (non-hydrogen) atoms. The second kappa shape index (κ2) is 5.07. The van der Waals surface area contributed by atoms with Gasteiger partial charge >= 0.3 is 0 Å². The molecule has 0 aliphatic rings. The number of amides is 1. The van der Waals surface area contributed by atoms with E-state index in [1.165, 1.54) is 17.9 Å². The molecule has 0 heterocycles. The van der Waals surface area contributed by atoms with Gasteiger partial charge in [0.25, 0.3) is 5.91 Å². The topological polar surface area (TPSA) is 40.5 Å². The molecule has 0 aliphatic heterocycles. The van der Waals surface area contributed by atoms with Crippen LogP contribution in [-0.4, -0.2) is 29.1 Å². The summed E-state index contributed by atoms with van der Waals surface area (Å²) in [6.45, 7) is 3.47. The molecule has 4 heteroatoms. The van der Waals surface area contributed by atoms with E-state index in [4.69, 9.17) is 5.11 Å². The van der Waals surface area contributed by atoms with Gasteiger partial charge in [-0.05, 0) is 31.0 Å². The van der Waals surface area contributed by atoms with Crippen molar-refractivity contribution in [3.8, 4) is 0 Å². The summed E-state index contributed by atoms with van der Waals surface area (Å²) >= 11 is 0. The second-order valence-electron chi connectivity index (χ2n) is 3.95. The summed E-state index contributed by atoms with van der Waals surface area (Å²) in [6.07, 6.45) is -1.01. The first-order valence-electron chi connectivity index (χ1n) is 5.10. The van der Waals surface area contributed by atoms with E-state index in [-0.39, 0.29) is 11.7 Å². The number of likely N-dealkylation sites (N-methyl/N-ethyl adjacent to an activating group) is 1. The fraction of sp³-hybridized carbons (Fsp3) is 0.417. The van der Waals surface area contributed by atoms with Gasteiger partial charge in [0.05, 0.1) is 0 Å². The molecule has 0 aromatic heterocycles. The minimum Gasteiger partial charge on any atom is -0.384 e. The zero-order valence-electron chi connectivity index (χ0n) is 9.70. The van der Waals surface area contributed by atoms with Crippen LogP contribution in [0.5, 0.6) is 0 Å². The number of benzene rings is 1. The molecule has 1 rings (SSSR count). The predicted molar refractivity (Wildman–Crippen MR) is 59.3 cm³/mol. The lowest BCUT2D eigenvalue weighted by Gasteiger charge is -2.19. The van der Waals surface area contributed by atoms with Crippen LogP contribution in [0.2, 0.25) is 0 Å². The first kappa shape index (κ1) is 12.6. The molecular formula is C12H16FNO2. The smallest absolute Gasteiger partial charge is 0.251 e. The van der Waals surface area contributed by atoms with E-state index < -0.39 is 6.10 Å². The first-order valence-corrected chi connectivity index (χ1v) is 5.10. The van der Waals surface area contributed by atoms with Gasteiger partial charge in [0, 0.05) is 13.6 Å². The van der Waals surface area contributed by atoms with Crippen LogP contribution in [0, 0.1) is 12.7 Å². The van der Waals surface area contributed by atoms with Crippen molar-refractivity contribution >= 4 is 5.91 Å². The number of aliphatic hydroxyl groups is 1. The van der Waals surface area contributed by atoms with Gasteiger partial charge in [-0.2, -0.15) is 0 Å². The van der Waals surface area contributed by atoms with E-state index in [1.54, 1.807) is 26.1 Å². The molecule has 1 unspecified atom stereocenters. The standard InChI is InChI=1S/C12H16FNO2/c1-8-6-10(4-5-11(8)13)7-14(3)12(16)9(2)15/h4-6,9,15H,7H2,1-3H3. The maximum absolute atomic E-state index is 13.0. The number of aliphatic hydroxyl groups excluding tert-OH is 1. The Morgan fingerprint density at radius 1 is 1.56 bits per heavy atom. The molecule has 0 spiro atoms. The monoisotopic (exact) mass is 225 g/mol. The Morgan fingerprint density at radius 2 is 2.19 bits per heavy atom. The summed E-state index contributed by atoms with van der Waals surface area (Å²) in [4.78, 5) is 12.8. The van der Waals surface area contributed by atoms with Gasteiger partial charge in [0.2, 0.25) is 0 Å². The van der Waals surface area contributed by atoms with Gasteiger partial charge in [0.1, 0.15) is 11.9 Å². The van der Waals surface area contributed by atoms with Gasteiger partial charge in [-0.25, -0.2) is 4.39 Å². The van der Waals surface area contributed by atoms with Crippen LogP contribution in [0.25, 0.3) is 0 Å². The van der Waals surface area contributed by atoms with E-state index in [1.807, 2.05) is 0 Å². The summed E-state index contributed by atoms with van der Waals surface area (Å²) in [5, 5.41) is 9.12. The van der Waals surface area contributed by atoms with Crippen LogP contribution in [0.15, 0.2) is 18.2 Å². The third kappa shape index (κ3) is 3.03. The lowest BCUT2D eigenvalue weighted by Crippen LogP contribution is -2.34. The summed E-state index contributed by atoms with van der Waals surface area (Å²) in [6, 6.07) is 4.71. The number of hydrogen-bond donors (Lipinski definition) is 1. The zero-order chi connectivity index (χ0) is 12.3. The number of aryl methyl sites for hydroxylation is 1. The molecule has 1 N–H and O–H groups in total. The minimum atomic E-state index is -1.01. The molecule has 3 nitrogen and oxygen atoms in total. The maximum Gasteiger partial charge on any atom is 0.251 e. The number of carbonyl (C=O) groups is 1. The number of carbonyl (C=O) groups excluding carboxylic acids is 1. The van der Waals surface area contributed by atoms with Crippen molar-refractivity contribution in [2.75, 3.05) is 7.05 Å². The van der Waals surface area contributed by atoms with Crippen LogP contribution < -0.4 is 0 Å². The van der Waals surface area contributed by atoms with Gasteiger partial charge in [0.15, 0.2) is 0 Å². The second-order valence-corrected chi connectivity index (χ2v) is 3.95. The molecule has 0 bridgehead atoms. The molecule has 0 aliphatic carbocycles. The van der Waals surface area contributed by atoms with Gasteiger partial charge < -0.3 is 10.0 Å². The van der Waals surface area contributed by atoms with E-state index in [0.29, 0.717) is 12.1 Å². The maximum atomic E-state index is 13.0. The average Bonchev–Trinajstić information content (AvgIpc) is 2.22. The van der Waals surface area contributed by atoms with E-state index in [0.717, 1.165) is 5.56 Å². The molecule has 0 radical (unpaired) electrons. The summed E-state index contributed by atoms with van der Waals surface area (Å²) < 4.78 is 13.0. The fourth-order valence-electron chi connectivity index (χ4n) is 1.48. The largest absolute Gasteiger partial charge is 0.384 e. The Kier molecular flexibility index (Phi) is 4.01. The van der Waals surface area contributed by atoms with Crippen molar-refractivity contribution in [3.05, 3.63) is 35.1 Å². The molecule has 0 saturated heterocycles. The Bertz CT molecular complexity index is 391. The molecule has 1 aromatic carbocycles. The zero-order valence-corrected chi connectivity index (χ0v) is 9.70. The van der Waals surface area contributed by atoms with E-state index >= 15 is 0 Å². The predicted octanol–water partition coefficient (Wildman–Crippen LogP) is 1.47. The normalized spacial score (nSPS) is 12.3. The molecule has 1 aromatic rings. The van der Waals surface area contributed by atoms with Gasteiger partial charge in [-0.3, -0.25) is 4.79 Å². The Labute approximate surface area is 94.5 Å². The van der Waals surface area contributed by atoms with E-state index in [2.05, 4.69) is 0 Å². The van der Waals surface area contributed by atoms with Gasteiger partial charge in [-0.1, -0.05) is 12.1 Å². The Balaban J connectivity index is 2.73. The lowest BCUT2D eigenvalue weighted by molar-refractivity contribution is -0.138. The number of rotatable bonds is 3. The molecule has 1 amide bonds. The molecule has 0 fully saturated rings. The highest BCUT2D eigenvalue weighted by molar-refractivity contribution is 5.79. The third-order valence-corrected chi connectivity index (χ3v) is 2.38. The van der Waals surface area contributed by atoms with Crippen LogP contribution in [0.3, 0.4) is 0 Å². The van der Waals surface area contributed by atoms with Crippen molar-refractivity contribution in [3.63, 3.8) is 0 Å². The highest BCUT2D eigenvalue weighted by Crippen LogP contribution is 2.11.